The number of halogens is 1. The number of thiol groups is 1. The van der Waals surface area contributed by atoms with Crippen molar-refractivity contribution in [3.8, 4) is 0 Å². The quantitative estimate of drug-likeness (QED) is 0.675. The number of piperidine rings is 1. The number of hydrogen-bond donors (Lipinski definition) is 3. The van der Waals surface area contributed by atoms with Crippen molar-refractivity contribution in [3.63, 3.8) is 0 Å². The second-order valence-electron chi connectivity index (χ2n) is 5.75. The van der Waals surface area contributed by atoms with Gasteiger partial charge in [0.05, 0.1) is 4.90 Å². The lowest BCUT2D eigenvalue weighted by Crippen LogP contribution is -2.57. The molecule has 1 fully saturated rings. The number of carboxylic acids is 1. The molecule has 1 atom stereocenters. The van der Waals surface area contributed by atoms with Crippen LogP contribution in [0.15, 0.2) is 29.2 Å². The van der Waals surface area contributed by atoms with Crippen LogP contribution in [0.3, 0.4) is 0 Å². The van der Waals surface area contributed by atoms with Crippen molar-refractivity contribution >= 4 is 40.2 Å². The molecule has 1 heterocycles. The Labute approximate surface area is 146 Å². The minimum Gasteiger partial charge on any atom is -0.480 e. The second kappa shape index (κ2) is 6.98. The number of sulfonamides is 1. The first kappa shape index (κ1) is 18.5. The Hall–Kier alpha value is -0.800. The SMILES string of the molecule is CN1CCC(S)([C@H](NS(=O)(=O)c2ccc(Cl)cc2)C(=O)O)CC1. The number of carbonyl (C=O) groups is 1. The molecule has 128 valence electrons. The Bertz CT molecular complexity index is 671. The van der Waals surface area contributed by atoms with E-state index in [0.717, 1.165) is 0 Å². The van der Waals surface area contributed by atoms with Crippen molar-refractivity contribution in [1.29, 1.82) is 0 Å². The summed E-state index contributed by atoms with van der Waals surface area (Å²) in [6, 6.07) is 4.25. The molecule has 2 rings (SSSR count). The molecule has 0 bridgehead atoms. The topological polar surface area (TPSA) is 86.7 Å². The molecule has 0 unspecified atom stereocenters. The van der Waals surface area contributed by atoms with Crippen molar-refractivity contribution in [2.75, 3.05) is 20.1 Å². The van der Waals surface area contributed by atoms with Crippen LogP contribution in [0.5, 0.6) is 0 Å². The van der Waals surface area contributed by atoms with Crippen molar-refractivity contribution in [2.45, 2.75) is 28.5 Å². The molecular formula is C14H19ClN2O4S2. The van der Waals surface area contributed by atoms with Gasteiger partial charge in [0, 0.05) is 9.77 Å². The second-order valence-corrected chi connectivity index (χ2v) is 8.79. The van der Waals surface area contributed by atoms with Gasteiger partial charge in [-0.05, 0) is 57.2 Å². The fraction of sp³-hybridized carbons (Fsp3) is 0.500. The van der Waals surface area contributed by atoms with Gasteiger partial charge in [0.25, 0.3) is 0 Å². The summed E-state index contributed by atoms with van der Waals surface area (Å²) in [5.74, 6) is -1.23. The molecule has 1 saturated heterocycles. The Morgan fingerprint density at radius 1 is 1.35 bits per heavy atom. The van der Waals surface area contributed by atoms with Gasteiger partial charge in [0.2, 0.25) is 10.0 Å². The van der Waals surface area contributed by atoms with E-state index >= 15 is 0 Å². The summed E-state index contributed by atoms with van der Waals surface area (Å²) >= 11 is 10.3. The molecule has 23 heavy (non-hydrogen) atoms. The summed E-state index contributed by atoms with van der Waals surface area (Å²) in [5.41, 5.74) is 0. The molecule has 2 N–H and O–H groups in total. The van der Waals surface area contributed by atoms with E-state index in [1.165, 1.54) is 24.3 Å². The third kappa shape index (κ3) is 4.39. The Morgan fingerprint density at radius 2 is 1.87 bits per heavy atom. The van der Waals surface area contributed by atoms with E-state index < -0.39 is 26.8 Å². The number of nitrogens with zero attached hydrogens (tertiary/aromatic N) is 1. The molecule has 1 aliphatic rings. The zero-order valence-corrected chi connectivity index (χ0v) is 15.0. The lowest BCUT2D eigenvalue weighted by molar-refractivity contribution is -0.140. The maximum Gasteiger partial charge on any atom is 0.323 e. The molecule has 0 aliphatic carbocycles. The van der Waals surface area contributed by atoms with Crippen LogP contribution < -0.4 is 4.72 Å². The van der Waals surface area contributed by atoms with Crippen LogP contribution in [0.4, 0.5) is 0 Å². The van der Waals surface area contributed by atoms with E-state index in [9.17, 15) is 18.3 Å². The van der Waals surface area contributed by atoms with E-state index in [-0.39, 0.29) is 4.90 Å². The van der Waals surface area contributed by atoms with Crippen LogP contribution in [0, 0.1) is 0 Å². The molecule has 0 spiro atoms. The van der Waals surface area contributed by atoms with Crippen LogP contribution in [-0.2, 0) is 14.8 Å². The largest absolute Gasteiger partial charge is 0.480 e. The molecule has 1 aliphatic heterocycles. The first-order chi connectivity index (χ1) is 10.6. The molecule has 0 saturated carbocycles. The van der Waals surface area contributed by atoms with Crippen molar-refractivity contribution in [3.05, 3.63) is 29.3 Å². The predicted molar refractivity (Wildman–Crippen MR) is 91.6 cm³/mol. The van der Waals surface area contributed by atoms with E-state index in [2.05, 4.69) is 22.3 Å². The molecule has 1 aromatic carbocycles. The Kier molecular flexibility index (Phi) is 5.63. The molecule has 0 radical (unpaired) electrons. The fourth-order valence-corrected chi connectivity index (χ4v) is 4.38. The van der Waals surface area contributed by atoms with Crippen LogP contribution >= 0.6 is 24.2 Å². The minimum atomic E-state index is -3.97. The van der Waals surface area contributed by atoms with Crippen LogP contribution in [0.1, 0.15) is 12.8 Å². The van der Waals surface area contributed by atoms with Crippen molar-refractivity contribution < 1.29 is 18.3 Å². The highest BCUT2D eigenvalue weighted by Crippen LogP contribution is 2.33. The number of benzene rings is 1. The zero-order valence-electron chi connectivity index (χ0n) is 12.6. The number of rotatable bonds is 5. The van der Waals surface area contributed by atoms with E-state index in [1.54, 1.807) is 0 Å². The number of carboxylic acid groups (broad SMARTS) is 1. The van der Waals surface area contributed by atoms with Gasteiger partial charge in [-0.15, -0.1) is 0 Å². The van der Waals surface area contributed by atoms with Gasteiger partial charge in [-0.3, -0.25) is 4.79 Å². The molecule has 0 aromatic heterocycles. The van der Waals surface area contributed by atoms with Gasteiger partial charge < -0.3 is 10.0 Å². The summed E-state index contributed by atoms with van der Waals surface area (Å²) in [5, 5.41) is 9.90. The Balaban J connectivity index is 2.25. The zero-order chi connectivity index (χ0) is 17.3. The summed E-state index contributed by atoms with van der Waals surface area (Å²) in [6.45, 7) is 1.33. The standard InChI is InChI=1S/C14H19ClN2O4S2/c1-17-8-6-14(22,7-9-17)12(13(18)19)16-23(20,21)11-4-2-10(15)3-5-11/h2-5,12,16,22H,6-9H2,1H3,(H,18,19)/t12-/m1/s1. The normalized spacial score (nSPS) is 20.1. The summed E-state index contributed by atoms with van der Waals surface area (Å²) in [4.78, 5) is 13.7. The lowest BCUT2D eigenvalue weighted by Gasteiger charge is -2.40. The number of likely N-dealkylation sites (tertiary alicyclic amines) is 1. The maximum absolute atomic E-state index is 12.4. The van der Waals surface area contributed by atoms with Gasteiger partial charge in [-0.25, -0.2) is 8.42 Å². The third-order valence-electron chi connectivity index (χ3n) is 4.03. The summed E-state index contributed by atoms with van der Waals surface area (Å²) in [7, 11) is -2.04. The molecular weight excluding hydrogens is 360 g/mol. The van der Waals surface area contributed by atoms with Gasteiger partial charge in [-0.2, -0.15) is 17.4 Å². The van der Waals surface area contributed by atoms with E-state index in [0.29, 0.717) is 31.0 Å². The summed E-state index contributed by atoms with van der Waals surface area (Å²) in [6.07, 6.45) is 0.958. The maximum atomic E-state index is 12.4. The van der Waals surface area contributed by atoms with Crippen LogP contribution in [-0.4, -0.2) is 55.3 Å². The monoisotopic (exact) mass is 378 g/mol. The Morgan fingerprint density at radius 3 is 2.35 bits per heavy atom. The third-order valence-corrected chi connectivity index (χ3v) is 6.43. The van der Waals surface area contributed by atoms with E-state index in [4.69, 9.17) is 11.6 Å². The fourth-order valence-electron chi connectivity index (χ4n) is 2.52. The molecule has 1 aromatic rings. The van der Waals surface area contributed by atoms with Crippen molar-refractivity contribution in [2.24, 2.45) is 0 Å². The lowest BCUT2D eigenvalue weighted by atomic mass is 9.89. The molecule has 9 heteroatoms. The first-order valence-corrected chi connectivity index (χ1v) is 9.36. The molecule has 0 amide bonds. The van der Waals surface area contributed by atoms with Gasteiger partial charge in [-0.1, -0.05) is 11.6 Å². The van der Waals surface area contributed by atoms with Crippen molar-refractivity contribution in [1.82, 2.24) is 9.62 Å². The summed E-state index contributed by atoms with van der Waals surface area (Å²) < 4.78 is 26.2. The first-order valence-electron chi connectivity index (χ1n) is 7.06. The average Bonchev–Trinajstić information content (AvgIpc) is 2.48. The van der Waals surface area contributed by atoms with E-state index in [1.807, 2.05) is 7.05 Å². The minimum absolute atomic E-state index is 0.0296. The predicted octanol–water partition coefficient (Wildman–Crippen LogP) is 1.47. The smallest absolute Gasteiger partial charge is 0.323 e. The highest BCUT2D eigenvalue weighted by molar-refractivity contribution is 7.89. The van der Waals surface area contributed by atoms with Gasteiger partial charge in [0.15, 0.2) is 0 Å². The average molecular weight is 379 g/mol. The molecule has 6 nitrogen and oxygen atoms in total. The van der Waals surface area contributed by atoms with Crippen LogP contribution in [0.25, 0.3) is 0 Å². The number of aliphatic carboxylic acids is 1. The van der Waals surface area contributed by atoms with Gasteiger partial charge >= 0.3 is 5.97 Å². The van der Waals surface area contributed by atoms with Crippen LogP contribution in [0.2, 0.25) is 5.02 Å². The van der Waals surface area contributed by atoms with Gasteiger partial charge in [0.1, 0.15) is 6.04 Å². The highest BCUT2D eigenvalue weighted by Gasteiger charge is 2.44. The number of nitrogens with one attached hydrogen (secondary N) is 1. The number of hydrogen-bond acceptors (Lipinski definition) is 5. The highest BCUT2D eigenvalue weighted by atomic mass is 35.5.